The number of carbonyl (C=O) groups excluding carboxylic acids is 1. The lowest BCUT2D eigenvalue weighted by Gasteiger charge is -2.09. The van der Waals surface area contributed by atoms with Gasteiger partial charge in [-0.1, -0.05) is 61.6 Å². The SMILES string of the molecule is CCCCCCC(=O)c1ccc([S+](c2ccc(C)cc2)c2ccc(C)cc2)cc1.O=S(=O)([O-])C(F)(F)F. The van der Waals surface area contributed by atoms with Crippen molar-refractivity contribution >= 4 is 26.8 Å². The van der Waals surface area contributed by atoms with Gasteiger partial charge in [-0.2, -0.15) is 13.2 Å². The van der Waals surface area contributed by atoms with Crippen LogP contribution in [0.4, 0.5) is 13.2 Å². The van der Waals surface area contributed by atoms with Gasteiger partial charge in [0.15, 0.2) is 30.6 Å². The smallest absolute Gasteiger partial charge is 0.485 e. The molecule has 4 nitrogen and oxygen atoms in total. The summed E-state index contributed by atoms with van der Waals surface area (Å²) >= 11 is 0. The number of ketones is 1. The molecule has 0 heterocycles. The van der Waals surface area contributed by atoms with Gasteiger partial charge in [0, 0.05) is 12.0 Å². The molecule has 0 amide bonds. The first-order valence-corrected chi connectivity index (χ1v) is 14.5. The van der Waals surface area contributed by atoms with Crippen LogP contribution in [0.3, 0.4) is 0 Å². The lowest BCUT2D eigenvalue weighted by atomic mass is 10.0. The lowest BCUT2D eigenvalue weighted by Crippen LogP contribution is -2.21. The van der Waals surface area contributed by atoms with Gasteiger partial charge in [-0.05, 0) is 68.8 Å². The summed E-state index contributed by atoms with van der Waals surface area (Å²) < 4.78 is 58.9. The van der Waals surface area contributed by atoms with E-state index in [0.717, 1.165) is 18.4 Å². The van der Waals surface area contributed by atoms with E-state index in [0.29, 0.717) is 6.42 Å². The number of aryl methyl sites for hydroxylation is 2. The Morgan fingerprint density at radius 2 is 1.14 bits per heavy atom. The molecular weight excluding hydrogens is 521 g/mol. The maximum atomic E-state index is 12.5. The number of alkyl halides is 3. The molecule has 0 aromatic heterocycles. The number of hydrogen-bond donors (Lipinski definition) is 0. The monoisotopic (exact) mass is 552 g/mol. The van der Waals surface area contributed by atoms with E-state index in [1.807, 2.05) is 12.1 Å². The second-order valence-electron chi connectivity index (χ2n) is 8.59. The van der Waals surface area contributed by atoms with Crippen LogP contribution in [0.1, 0.15) is 60.5 Å². The van der Waals surface area contributed by atoms with Gasteiger partial charge in [-0.15, -0.1) is 0 Å². The molecule has 3 aromatic carbocycles. The molecule has 0 spiro atoms. The number of halogens is 3. The molecule has 0 saturated carbocycles. The number of benzene rings is 3. The fourth-order valence-electron chi connectivity index (χ4n) is 3.39. The van der Waals surface area contributed by atoms with Gasteiger partial charge < -0.3 is 4.55 Å². The summed E-state index contributed by atoms with van der Waals surface area (Å²) in [5, 5.41) is 0. The summed E-state index contributed by atoms with van der Waals surface area (Å²) in [6.07, 6.45) is 5.20. The van der Waals surface area contributed by atoms with Crippen molar-refractivity contribution in [2.45, 2.75) is 73.1 Å². The van der Waals surface area contributed by atoms with Crippen LogP contribution in [0.15, 0.2) is 87.5 Å². The van der Waals surface area contributed by atoms with Gasteiger partial charge in [0.05, 0.1) is 10.9 Å². The Kier molecular flexibility index (Phi) is 11.4. The Labute approximate surface area is 220 Å². The molecule has 37 heavy (non-hydrogen) atoms. The topological polar surface area (TPSA) is 74.3 Å². The average Bonchev–Trinajstić information content (AvgIpc) is 2.84. The second kappa shape index (κ2) is 13.8. The van der Waals surface area contributed by atoms with Crippen LogP contribution in [0.25, 0.3) is 0 Å². The first-order valence-electron chi connectivity index (χ1n) is 11.9. The number of Topliss-reactive ketones (excluding diaryl/α,β-unsaturated/α-hetero) is 1. The predicted octanol–water partition coefficient (Wildman–Crippen LogP) is 7.60. The van der Waals surface area contributed by atoms with Crippen molar-refractivity contribution in [3.05, 3.63) is 89.5 Å². The number of rotatable bonds is 9. The summed E-state index contributed by atoms with van der Waals surface area (Å²) in [7, 11) is -6.26. The maximum absolute atomic E-state index is 12.5. The summed E-state index contributed by atoms with van der Waals surface area (Å²) in [4.78, 5) is 16.4. The Morgan fingerprint density at radius 3 is 1.49 bits per heavy atom. The van der Waals surface area contributed by atoms with E-state index in [4.69, 9.17) is 13.0 Å². The van der Waals surface area contributed by atoms with Crippen molar-refractivity contribution in [3.8, 4) is 0 Å². The third kappa shape index (κ3) is 9.64. The summed E-state index contributed by atoms with van der Waals surface area (Å²) in [5.41, 5.74) is -2.27. The van der Waals surface area contributed by atoms with Crippen LogP contribution in [-0.4, -0.2) is 24.3 Å². The quantitative estimate of drug-likeness (QED) is 0.0901. The molecule has 0 atom stereocenters. The Morgan fingerprint density at radius 1 is 0.757 bits per heavy atom. The summed E-state index contributed by atoms with van der Waals surface area (Å²) in [5.74, 6) is 0.262. The fourth-order valence-corrected chi connectivity index (χ4v) is 5.43. The van der Waals surface area contributed by atoms with Gasteiger partial charge in [-0.25, -0.2) is 8.42 Å². The zero-order valence-electron chi connectivity index (χ0n) is 21.0. The predicted molar refractivity (Wildman–Crippen MR) is 140 cm³/mol. The number of unbranched alkanes of at least 4 members (excludes halogenated alkanes) is 3. The minimum Gasteiger partial charge on any atom is -0.741 e. The molecule has 3 rings (SSSR count). The molecule has 0 fully saturated rings. The molecule has 9 heteroatoms. The molecule has 0 aliphatic rings. The first kappa shape index (κ1) is 30.6. The fraction of sp³-hybridized carbons (Fsp3) is 0.321. The molecule has 0 unspecified atom stereocenters. The van der Waals surface area contributed by atoms with Crippen molar-refractivity contribution in [2.75, 3.05) is 0 Å². The van der Waals surface area contributed by atoms with Crippen LogP contribution in [0.2, 0.25) is 0 Å². The van der Waals surface area contributed by atoms with Crippen molar-refractivity contribution in [3.63, 3.8) is 0 Å². The largest absolute Gasteiger partial charge is 0.741 e. The van der Waals surface area contributed by atoms with Gasteiger partial charge >= 0.3 is 5.51 Å². The highest BCUT2D eigenvalue weighted by Gasteiger charge is 2.37. The van der Waals surface area contributed by atoms with Crippen molar-refractivity contribution in [1.29, 1.82) is 0 Å². The molecule has 0 bridgehead atoms. The molecule has 0 saturated heterocycles. The zero-order chi connectivity index (χ0) is 27.6. The first-order chi connectivity index (χ1) is 17.3. The van der Waals surface area contributed by atoms with E-state index in [-0.39, 0.29) is 16.7 Å². The van der Waals surface area contributed by atoms with E-state index < -0.39 is 15.6 Å². The van der Waals surface area contributed by atoms with Crippen LogP contribution < -0.4 is 0 Å². The van der Waals surface area contributed by atoms with Crippen LogP contribution in [-0.2, 0) is 21.0 Å². The van der Waals surface area contributed by atoms with Crippen LogP contribution in [0, 0.1) is 13.8 Å². The molecule has 3 aromatic rings. The van der Waals surface area contributed by atoms with Crippen LogP contribution in [0.5, 0.6) is 0 Å². The van der Waals surface area contributed by atoms with Crippen LogP contribution >= 0.6 is 0 Å². The molecule has 200 valence electrons. The van der Waals surface area contributed by atoms with Gasteiger partial charge in [0.2, 0.25) is 0 Å². The molecule has 0 N–H and O–H groups in total. The van der Waals surface area contributed by atoms with E-state index in [2.05, 4.69) is 81.4 Å². The van der Waals surface area contributed by atoms with E-state index in [1.54, 1.807) is 0 Å². The van der Waals surface area contributed by atoms with Crippen molar-refractivity contribution in [2.24, 2.45) is 0 Å². The number of hydrogen-bond acceptors (Lipinski definition) is 4. The lowest BCUT2D eigenvalue weighted by molar-refractivity contribution is -0.0517. The third-order valence-electron chi connectivity index (χ3n) is 5.47. The van der Waals surface area contributed by atoms with E-state index >= 15 is 0 Å². The van der Waals surface area contributed by atoms with Gasteiger partial charge in [-0.3, -0.25) is 4.79 Å². The maximum Gasteiger partial charge on any atom is 0.485 e. The third-order valence-corrected chi connectivity index (χ3v) is 8.26. The van der Waals surface area contributed by atoms with E-state index in [1.165, 1.54) is 38.7 Å². The van der Waals surface area contributed by atoms with Crippen molar-refractivity contribution < 1.29 is 30.9 Å². The minimum atomic E-state index is -6.09. The normalized spacial score (nSPS) is 11.7. The number of carbonyl (C=O) groups is 1. The van der Waals surface area contributed by atoms with Gasteiger partial charge in [0.1, 0.15) is 0 Å². The second-order valence-corrected chi connectivity index (χ2v) is 12.0. The van der Waals surface area contributed by atoms with E-state index in [9.17, 15) is 18.0 Å². The molecule has 0 radical (unpaired) electrons. The summed E-state index contributed by atoms with van der Waals surface area (Å²) in [6.45, 7) is 6.43. The van der Waals surface area contributed by atoms with Crippen molar-refractivity contribution in [1.82, 2.24) is 0 Å². The highest BCUT2D eigenvalue weighted by atomic mass is 32.2. The summed E-state index contributed by atoms with van der Waals surface area (Å²) in [6, 6.07) is 25.9. The molecule has 0 aliphatic heterocycles. The molecule has 0 aliphatic carbocycles. The molecular formula is C28H31F3O4S2. The Hall–Kier alpha value is -2.62. The standard InChI is InChI=1S/C27H31OS.CHF3O3S/c1-4-5-6-7-8-27(28)23-13-19-26(20-14-23)29(24-15-9-21(2)10-16-24)25-17-11-22(3)12-18-25;2-1(3,4)8(5,6)7/h9-20H,4-8H2,1-3H3;(H,5,6,7)/q+1;/p-1. The average molecular weight is 553 g/mol. The highest BCUT2D eigenvalue weighted by Crippen LogP contribution is 2.32. The zero-order valence-corrected chi connectivity index (χ0v) is 22.7. The Balaban J connectivity index is 0.000000521. The highest BCUT2D eigenvalue weighted by molar-refractivity contribution is 7.97. The Bertz CT molecular complexity index is 1190. The van der Waals surface area contributed by atoms with Gasteiger partial charge in [0.25, 0.3) is 0 Å². The minimum absolute atomic E-state index is 0.172.